The predicted molar refractivity (Wildman–Crippen MR) is 86.3 cm³/mol. The van der Waals surface area contributed by atoms with Gasteiger partial charge in [0.1, 0.15) is 0 Å². The van der Waals surface area contributed by atoms with Gasteiger partial charge in [-0.2, -0.15) is 0 Å². The van der Waals surface area contributed by atoms with Gasteiger partial charge in [0.15, 0.2) is 0 Å². The number of hydrogen-bond acceptors (Lipinski definition) is 2. The molecule has 2 aromatic carbocycles. The van der Waals surface area contributed by atoms with Gasteiger partial charge in [-0.3, -0.25) is 4.79 Å². The summed E-state index contributed by atoms with van der Waals surface area (Å²) >= 11 is 1.58. The molecule has 0 bridgehead atoms. The van der Waals surface area contributed by atoms with Gasteiger partial charge in [0.25, 0.3) is 0 Å². The Morgan fingerprint density at radius 3 is 2.40 bits per heavy atom. The Labute approximate surface area is 124 Å². The van der Waals surface area contributed by atoms with Crippen LogP contribution in [0, 0.1) is 13.8 Å². The Morgan fingerprint density at radius 1 is 1.05 bits per heavy atom. The smallest absolute Gasteiger partial charge is 0.237 e. The van der Waals surface area contributed by atoms with Crippen LogP contribution in [0.2, 0.25) is 0 Å². The number of para-hydroxylation sites is 1. The van der Waals surface area contributed by atoms with Crippen LogP contribution in [0.5, 0.6) is 0 Å². The van der Waals surface area contributed by atoms with E-state index in [1.54, 1.807) is 11.8 Å². The van der Waals surface area contributed by atoms with E-state index >= 15 is 0 Å². The zero-order valence-electron chi connectivity index (χ0n) is 12.0. The van der Waals surface area contributed by atoms with E-state index in [4.69, 9.17) is 0 Å². The number of aryl methyl sites for hydroxylation is 2. The van der Waals surface area contributed by atoms with Crippen LogP contribution in [0.4, 0.5) is 5.69 Å². The Kier molecular flexibility index (Phi) is 4.85. The van der Waals surface area contributed by atoms with Gasteiger partial charge in [-0.1, -0.05) is 24.3 Å². The maximum atomic E-state index is 12.1. The summed E-state index contributed by atoms with van der Waals surface area (Å²) in [6, 6.07) is 15.8. The van der Waals surface area contributed by atoms with Crippen LogP contribution in [0.25, 0.3) is 0 Å². The summed E-state index contributed by atoms with van der Waals surface area (Å²) in [5, 5.41) is 2.80. The largest absolute Gasteiger partial charge is 0.325 e. The van der Waals surface area contributed by atoms with Gasteiger partial charge in [-0.05, 0) is 56.2 Å². The molecule has 0 aliphatic rings. The summed E-state index contributed by atoms with van der Waals surface area (Å²) in [6.45, 7) is 6.11. The van der Waals surface area contributed by atoms with Gasteiger partial charge in [0, 0.05) is 10.6 Å². The summed E-state index contributed by atoms with van der Waals surface area (Å²) in [6.07, 6.45) is 0. The van der Waals surface area contributed by atoms with Crippen molar-refractivity contribution in [1.29, 1.82) is 0 Å². The number of carbonyl (C=O) groups is 1. The molecule has 0 heterocycles. The number of nitrogens with one attached hydrogen (secondary N) is 1. The maximum absolute atomic E-state index is 12.1. The van der Waals surface area contributed by atoms with Crippen molar-refractivity contribution in [1.82, 2.24) is 0 Å². The highest BCUT2D eigenvalue weighted by Crippen LogP contribution is 2.26. The topological polar surface area (TPSA) is 29.1 Å². The number of carbonyl (C=O) groups excluding carboxylic acids is 1. The minimum atomic E-state index is -0.127. The van der Waals surface area contributed by atoms with Crippen LogP contribution in [-0.2, 0) is 4.79 Å². The van der Waals surface area contributed by atoms with Crippen molar-refractivity contribution < 1.29 is 4.79 Å². The minimum absolute atomic E-state index is 0.0272. The third-order valence-corrected chi connectivity index (χ3v) is 4.30. The first-order chi connectivity index (χ1) is 9.56. The third kappa shape index (κ3) is 3.87. The highest BCUT2D eigenvalue weighted by molar-refractivity contribution is 8.00. The third-order valence-electron chi connectivity index (χ3n) is 3.20. The summed E-state index contributed by atoms with van der Waals surface area (Å²) in [5.41, 5.74) is 3.37. The number of hydrogen-bond donors (Lipinski definition) is 1. The molecule has 1 atom stereocenters. The van der Waals surface area contributed by atoms with Crippen molar-refractivity contribution >= 4 is 23.4 Å². The Hall–Kier alpha value is -1.74. The Morgan fingerprint density at radius 2 is 1.75 bits per heavy atom. The predicted octanol–water partition coefficient (Wildman–Crippen LogP) is 4.42. The summed E-state index contributed by atoms with van der Waals surface area (Å²) < 4.78 is 0. The molecule has 0 aromatic heterocycles. The van der Waals surface area contributed by atoms with Crippen molar-refractivity contribution in [3.8, 4) is 0 Å². The molecule has 0 aliphatic heterocycles. The molecule has 0 radical (unpaired) electrons. The minimum Gasteiger partial charge on any atom is -0.325 e. The molecule has 0 saturated carbocycles. The fourth-order valence-corrected chi connectivity index (χ4v) is 2.78. The van der Waals surface area contributed by atoms with Crippen LogP contribution >= 0.6 is 11.8 Å². The second-order valence-electron chi connectivity index (χ2n) is 4.86. The van der Waals surface area contributed by atoms with Gasteiger partial charge in [-0.15, -0.1) is 11.8 Å². The molecule has 1 amide bonds. The standard InChI is InChI=1S/C17H19NOS/c1-12-9-10-16(11-13(12)2)20-14(3)17(19)18-15-7-5-4-6-8-15/h4-11,14H,1-3H3,(H,18,19)/t14-/m1/s1. The molecule has 3 heteroatoms. The maximum Gasteiger partial charge on any atom is 0.237 e. The van der Waals surface area contributed by atoms with Crippen molar-refractivity contribution in [2.75, 3.05) is 5.32 Å². The molecule has 0 unspecified atom stereocenters. The molecule has 20 heavy (non-hydrogen) atoms. The highest BCUT2D eigenvalue weighted by atomic mass is 32.2. The van der Waals surface area contributed by atoms with Crippen molar-refractivity contribution in [3.05, 3.63) is 59.7 Å². The van der Waals surface area contributed by atoms with Crippen LogP contribution in [0.15, 0.2) is 53.4 Å². The lowest BCUT2D eigenvalue weighted by Crippen LogP contribution is -2.22. The van der Waals surface area contributed by atoms with Crippen LogP contribution in [-0.4, -0.2) is 11.2 Å². The molecule has 2 aromatic rings. The molecule has 2 rings (SSSR count). The number of anilines is 1. The fraction of sp³-hybridized carbons (Fsp3) is 0.235. The molecule has 1 N–H and O–H groups in total. The molecule has 0 saturated heterocycles. The first kappa shape index (κ1) is 14.7. The molecule has 104 valence electrons. The van der Waals surface area contributed by atoms with Gasteiger partial charge < -0.3 is 5.32 Å². The molecular formula is C17H19NOS. The van der Waals surface area contributed by atoms with E-state index in [0.717, 1.165) is 10.6 Å². The van der Waals surface area contributed by atoms with E-state index in [1.165, 1.54) is 11.1 Å². The number of amides is 1. The van der Waals surface area contributed by atoms with Crippen LogP contribution < -0.4 is 5.32 Å². The summed E-state index contributed by atoms with van der Waals surface area (Å²) in [7, 11) is 0. The van der Waals surface area contributed by atoms with Crippen molar-refractivity contribution in [2.45, 2.75) is 30.9 Å². The normalized spacial score (nSPS) is 11.9. The quantitative estimate of drug-likeness (QED) is 0.842. The molecule has 2 nitrogen and oxygen atoms in total. The number of rotatable bonds is 4. The van der Waals surface area contributed by atoms with Gasteiger partial charge in [-0.25, -0.2) is 0 Å². The zero-order valence-corrected chi connectivity index (χ0v) is 12.8. The van der Waals surface area contributed by atoms with Crippen molar-refractivity contribution in [3.63, 3.8) is 0 Å². The van der Waals surface area contributed by atoms with Gasteiger partial charge in [0.05, 0.1) is 5.25 Å². The molecule has 0 aliphatic carbocycles. The average Bonchev–Trinajstić information content (AvgIpc) is 2.44. The van der Waals surface area contributed by atoms with E-state index in [-0.39, 0.29) is 11.2 Å². The zero-order chi connectivity index (χ0) is 14.5. The van der Waals surface area contributed by atoms with E-state index in [2.05, 4.69) is 37.4 Å². The van der Waals surface area contributed by atoms with Crippen LogP contribution in [0.1, 0.15) is 18.1 Å². The lowest BCUT2D eigenvalue weighted by molar-refractivity contribution is -0.115. The second-order valence-corrected chi connectivity index (χ2v) is 6.28. The first-order valence-corrected chi connectivity index (χ1v) is 7.54. The Bertz CT molecular complexity index is 595. The SMILES string of the molecule is Cc1ccc(S[C@H](C)C(=O)Nc2ccccc2)cc1C. The van der Waals surface area contributed by atoms with E-state index in [0.29, 0.717) is 0 Å². The molecule has 0 spiro atoms. The summed E-state index contributed by atoms with van der Waals surface area (Å²) in [4.78, 5) is 13.3. The van der Waals surface area contributed by atoms with Gasteiger partial charge in [0.2, 0.25) is 5.91 Å². The van der Waals surface area contributed by atoms with E-state index in [1.807, 2.05) is 37.3 Å². The van der Waals surface area contributed by atoms with E-state index < -0.39 is 0 Å². The highest BCUT2D eigenvalue weighted by Gasteiger charge is 2.14. The van der Waals surface area contributed by atoms with Gasteiger partial charge >= 0.3 is 0 Å². The number of thioether (sulfide) groups is 1. The lowest BCUT2D eigenvalue weighted by Gasteiger charge is -2.13. The fourth-order valence-electron chi connectivity index (χ4n) is 1.81. The summed E-state index contributed by atoms with van der Waals surface area (Å²) in [5.74, 6) is 0.0272. The average molecular weight is 285 g/mol. The van der Waals surface area contributed by atoms with Crippen LogP contribution in [0.3, 0.4) is 0 Å². The second kappa shape index (κ2) is 6.62. The Balaban J connectivity index is 1.98. The molecule has 0 fully saturated rings. The van der Waals surface area contributed by atoms with E-state index in [9.17, 15) is 4.79 Å². The molecular weight excluding hydrogens is 266 g/mol. The monoisotopic (exact) mass is 285 g/mol. The lowest BCUT2D eigenvalue weighted by atomic mass is 10.1. The number of benzene rings is 2. The van der Waals surface area contributed by atoms with Crippen molar-refractivity contribution in [2.24, 2.45) is 0 Å². The first-order valence-electron chi connectivity index (χ1n) is 6.66.